The fourth-order valence-electron chi connectivity index (χ4n) is 2.48. The van der Waals surface area contributed by atoms with Gasteiger partial charge in [0.15, 0.2) is 5.69 Å². The molecular formula is C19H24N4O4. The molecule has 0 fully saturated rings. The predicted octanol–water partition coefficient (Wildman–Crippen LogP) is 1.75. The van der Waals surface area contributed by atoms with E-state index in [0.29, 0.717) is 13.1 Å². The summed E-state index contributed by atoms with van der Waals surface area (Å²) < 4.78 is 5.20. The molecule has 1 aromatic carbocycles. The van der Waals surface area contributed by atoms with Crippen molar-refractivity contribution < 1.29 is 19.1 Å². The standard InChI is InChI=1S/C19H24N4O4/c1-4-23(5-2)18(25)16-15(20-12-21-16)17(24)22-13(3)19(26)27-11-14-9-7-6-8-10-14/h6-10,12-13H,4-5,11H2,1-3H3,(H,20,21)(H,22,24)/t13-/m0/s1. The third-order valence-corrected chi connectivity index (χ3v) is 4.04. The molecule has 2 N–H and O–H groups in total. The monoisotopic (exact) mass is 372 g/mol. The highest BCUT2D eigenvalue weighted by Gasteiger charge is 2.26. The summed E-state index contributed by atoms with van der Waals surface area (Å²) in [6, 6.07) is 8.36. The van der Waals surface area contributed by atoms with E-state index in [1.165, 1.54) is 13.3 Å². The van der Waals surface area contributed by atoms with Crippen molar-refractivity contribution in [2.75, 3.05) is 13.1 Å². The number of amides is 2. The van der Waals surface area contributed by atoms with Crippen molar-refractivity contribution in [3.05, 3.63) is 53.6 Å². The topological polar surface area (TPSA) is 104 Å². The summed E-state index contributed by atoms with van der Waals surface area (Å²) in [7, 11) is 0. The lowest BCUT2D eigenvalue weighted by Gasteiger charge is -2.18. The van der Waals surface area contributed by atoms with Gasteiger partial charge in [0, 0.05) is 13.1 Å². The van der Waals surface area contributed by atoms with Crippen LogP contribution >= 0.6 is 0 Å². The van der Waals surface area contributed by atoms with Gasteiger partial charge in [-0.15, -0.1) is 0 Å². The lowest BCUT2D eigenvalue weighted by molar-refractivity contribution is -0.146. The fraction of sp³-hybridized carbons (Fsp3) is 0.368. The normalized spacial score (nSPS) is 11.5. The molecule has 0 aliphatic carbocycles. The number of imidazole rings is 1. The Hall–Kier alpha value is -3.16. The lowest BCUT2D eigenvalue weighted by atomic mass is 10.2. The number of hydrogen-bond donors (Lipinski definition) is 2. The van der Waals surface area contributed by atoms with Gasteiger partial charge in [0.2, 0.25) is 0 Å². The number of ether oxygens (including phenoxy) is 1. The zero-order chi connectivity index (χ0) is 19.8. The van der Waals surface area contributed by atoms with Crippen LogP contribution in [0.5, 0.6) is 0 Å². The Labute approximate surface area is 157 Å². The number of aromatic amines is 1. The molecule has 2 aromatic rings. The minimum atomic E-state index is -0.880. The summed E-state index contributed by atoms with van der Waals surface area (Å²) in [6.45, 7) is 6.36. The second kappa shape index (κ2) is 9.51. The first-order chi connectivity index (χ1) is 13.0. The van der Waals surface area contributed by atoms with E-state index < -0.39 is 17.9 Å². The number of aromatic nitrogens is 2. The average molecular weight is 372 g/mol. The number of hydrogen-bond acceptors (Lipinski definition) is 5. The minimum absolute atomic E-state index is 0.0467. The van der Waals surface area contributed by atoms with E-state index in [4.69, 9.17) is 4.74 Å². The van der Waals surface area contributed by atoms with Gasteiger partial charge in [0.05, 0.1) is 6.33 Å². The van der Waals surface area contributed by atoms with Crippen LogP contribution in [0.4, 0.5) is 0 Å². The SMILES string of the molecule is CCN(CC)C(=O)c1[nH]cnc1C(=O)N[C@@H](C)C(=O)OCc1ccccc1. The molecule has 2 rings (SSSR count). The van der Waals surface area contributed by atoms with Gasteiger partial charge in [-0.1, -0.05) is 30.3 Å². The average Bonchev–Trinajstić information content (AvgIpc) is 3.17. The van der Waals surface area contributed by atoms with E-state index in [1.807, 2.05) is 44.2 Å². The molecule has 8 heteroatoms. The maximum Gasteiger partial charge on any atom is 0.328 e. The minimum Gasteiger partial charge on any atom is -0.459 e. The van der Waals surface area contributed by atoms with E-state index in [2.05, 4.69) is 15.3 Å². The second-order valence-electron chi connectivity index (χ2n) is 5.89. The Morgan fingerprint density at radius 3 is 2.48 bits per heavy atom. The largest absolute Gasteiger partial charge is 0.459 e. The summed E-state index contributed by atoms with van der Waals surface area (Å²) in [4.78, 5) is 45.2. The molecule has 0 saturated carbocycles. The van der Waals surface area contributed by atoms with Gasteiger partial charge >= 0.3 is 5.97 Å². The number of nitrogens with one attached hydrogen (secondary N) is 2. The van der Waals surface area contributed by atoms with E-state index in [1.54, 1.807) is 4.90 Å². The van der Waals surface area contributed by atoms with Crippen LogP contribution in [0.1, 0.15) is 47.3 Å². The maximum atomic E-state index is 12.5. The van der Waals surface area contributed by atoms with Crippen molar-refractivity contribution in [3.63, 3.8) is 0 Å². The maximum absolute atomic E-state index is 12.5. The van der Waals surface area contributed by atoms with Gasteiger partial charge < -0.3 is 19.9 Å². The van der Waals surface area contributed by atoms with Crippen LogP contribution in [0.25, 0.3) is 0 Å². The molecule has 0 aliphatic heterocycles. The van der Waals surface area contributed by atoms with E-state index >= 15 is 0 Å². The third-order valence-electron chi connectivity index (χ3n) is 4.04. The summed E-state index contributed by atoms with van der Waals surface area (Å²) >= 11 is 0. The first kappa shape index (κ1) is 20.2. The molecule has 0 saturated heterocycles. The first-order valence-electron chi connectivity index (χ1n) is 8.81. The summed E-state index contributed by atoms with van der Waals surface area (Å²) in [5.74, 6) is -1.50. The Morgan fingerprint density at radius 1 is 1.19 bits per heavy atom. The Bertz CT molecular complexity index is 784. The predicted molar refractivity (Wildman–Crippen MR) is 99.0 cm³/mol. The van der Waals surface area contributed by atoms with Gasteiger partial charge in [0.25, 0.3) is 11.8 Å². The Balaban J connectivity index is 1.97. The molecule has 0 spiro atoms. The van der Waals surface area contributed by atoms with Crippen molar-refractivity contribution in [2.45, 2.75) is 33.4 Å². The number of rotatable bonds is 8. The molecule has 0 bridgehead atoms. The molecule has 2 amide bonds. The van der Waals surface area contributed by atoms with Crippen LogP contribution in [0, 0.1) is 0 Å². The third kappa shape index (κ3) is 5.16. The highest BCUT2D eigenvalue weighted by Crippen LogP contribution is 2.08. The van der Waals surface area contributed by atoms with Crippen molar-refractivity contribution in [3.8, 4) is 0 Å². The van der Waals surface area contributed by atoms with Gasteiger partial charge in [-0.05, 0) is 26.3 Å². The van der Waals surface area contributed by atoms with Crippen molar-refractivity contribution >= 4 is 17.8 Å². The van der Waals surface area contributed by atoms with Crippen molar-refractivity contribution in [1.82, 2.24) is 20.2 Å². The second-order valence-corrected chi connectivity index (χ2v) is 5.89. The number of H-pyrrole nitrogens is 1. The number of carbonyl (C=O) groups is 3. The summed E-state index contributed by atoms with van der Waals surface area (Å²) in [6.07, 6.45) is 1.28. The highest BCUT2D eigenvalue weighted by atomic mass is 16.5. The molecule has 0 unspecified atom stereocenters. The molecule has 144 valence electrons. The zero-order valence-corrected chi connectivity index (χ0v) is 15.7. The van der Waals surface area contributed by atoms with Crippen LogP contribution in [-0.2, 0) is 16.1 Å². The molecule has 1 heterocycles. The van der Waals surface area contributed by atoms with Crippen LogP contribution < -0.4 is 5.32 Å². The number of esters is 1. The van der Waals surface area contributed by atoms with Crippen molar-refractivity contribution in [2.24, 2.45) is 0 Å². The molecule has 0 radical (unpaired) electrons. The summed E-state index contributed by atoms with van der Waals surface area (Å²) in [5, 5.41) is 2.52. The highest BCUT2D eigenvalue weighted by molar-refractivity contribution is 6.05. The number of benzene rings is 1. The molecule has 27 heavy (non-hydrogen) atoms. The van der Waals surface area contributed by atoms with Crippen LogP contribution in [0.3, 0.4) is 0 Å². The zero-order valence-electron chi connectivity index (χ0n) is 15.7. The van der Waals surface area contributed by atoms with Gasteiger partial charge in [-0.2, -0.15) is 0 Å². The van der Waals surface area contributed by atoms with Crippen LogP contribution in [0.2, 0.25) is 0 Å². The van der Waals surface area contributed by atoms with Crippen LogP contribution in [0.15, 0.2) is 36.7 Å². The molecule has 8 nitrogen and oxygen atoms in total. The van der Waals surface area contributed by atoms with Crippen molar-refractivity contribution in [1.29, 1.82) is 0 Å². The van der Waals surface area contributed by atoms with Crippen LogP contribution in [-0.4, -0.2) is 51.8 Å². The number of nitrogens with zero attached hydrogens (tertiary/aromatic N) is 2. The molecule has 1 aromatic heterocycles. The lowest BCUT2D eigenvalue weighted by Crippen LogP contribution is -2.41. The molecular weight excluding hydrogens is 348 g/mol. The smallest absolute Gasteiger partial charge is 0.328 e. The summed E-state index contributed by atoms with van der Waals surface area (Å²) in [5.41, 5.74) is 0.902. The van der Waals surface area contributed by atoms with E-state index in [-0.39, 0.29) is 23.9 Å². The van der Waals surface area contributed by atoms with Gasteiger partial charge in [-0.3, -0.25) is 9.59 Å². The molecule has 0 aliphatic rings. The number of carbonyl (C=O) groups excluding carboxylic acids is 3. The fourth-order valence-corrected chi connectivity index (χ4v) is 2.48. The van der Waals surface area contributed by atoms with E-state index in [0.717, 1.165) is 5.56 Å². The Morgan fingerprint density at radius 2 is 1.85 bits per heavy atom. The first-order valence-corrected chi connectivity index (χ1v) is 8.81. The van der Waals surface area contributed by atoms with E-state index in [9.17, 15) is 14.4 Å². The van der Waals surface area contributed by atoms with Gasteiger partial charge in [-0.25, -0.2) is 9.78 Å². The Kier molecular flexibility index (Phi) is 7.10. The molecule has 1 atom stereocenters. The quantitative estimate of drug-likeness (QED) is 0.687. The van der Waals surface area contributed by atoms with Gasteiger partial charge in [0.1, 0.15) is 18.3 Å².